The number of carboxylic acids is 1. The van der Waals surface area contributed by atoms with Crippen LogP contribution >= 0.6 is 0 Å². The molecule has 6 heteroatoms. The number of carboxylic acid groups (broad SMARTS) is 1. The number of hydrogen-bond donors (Lipinski definition) is 1. The zero-order valence-electron chi connectivity index (χ0n) is 20.8. The lowest BCUT2D eigenvalue weighted by Gasteiger charge is -2.36. The SMILES string of the molecule is Cc1ccc(CC(CCCOc2ccc(CN3CC(C(=O)O)C3)cc2)c2c(F)cccc2F)cc1C. The molecule has 1 fully saturated rings. The van der Waals surface area contributed by atoms with Gasteiger partial charge in [-0.05, 0) is 85.5 Å². The predicted octanol–water partition coefficient (Wildman–Crippen LogP) is 6.28. The van der Waals surface area contributed by atoms with Crippen LogP contribution in [0, 0.1) is 31.4 Å². The minimum Gasteiger partial charge on any atom is -0.494 e. The number of rotatable bonds is 11. The second kappa shape index (κ2) is 11.7. The Morgan fingerprint density at radius 3 is 2.31 bits per heavy atom. The van der Waals surface area contributed by atoms with Crippen LogP contribution in [0.2, 0.25) is 0 Å². The Bertz CT molecular complexity index is 1170. The second-order valence-electron chi connectivity index (χ2n) is 9.82. The lowest BCUT2D eigenvalue weighted by Crippen LogP contribution is -2.49. The predicted molar refractivity (Wildman–Crippen MR) is 136 cm³/mol. The average Bonchev–Trinajstić information content (AvgIpc) is 2.81. The van der Waals surface area contributed by atoms with Gasteiger partial charge in [0, 0.05) is 25.2 Å². The second-order valence-corrected chi connectivity index (χ2v) is 9.82. The molecule has 1 N–H and O–H groups in total. The fourth-order valence-electron chi connectivity index (χ4n) is 4.79. The Morgan fingerprint density at radius 1 is 1.00 bits per heavy atom. The third-order valence-electron chi connectivity index (χ3n) is 7.06. The number of aliphatic carboxylic acids is 1. The highest BCUT2D eigenvalue weighted by Crippen LogP contribution is 2.31. The maximum atomic E-state index is 14.6. The van der Waals surface area contributed by atoms with Gasteiger partial charge in [-0.15, -0.1) is 0 Å². The van der Waals surface area contributed by atoms with Crippen molar-refractivity contribution in [3.63, 3.8) is 0 Å². The van der Waals surface area contributed by atoms with Crippen molar-refractivity contribution < 1.29 is 23.4 Å². The molecule has 1 saturated heterocycles. The zero-order valence-corrected chi connectivity index (χ0v) is 20.8. The van der Waals surface area contributed by atoms with Gasteiger partial charge in [0.05, 0.1) is 12.5 Å². The Balaban J connectivity index is 1.32. The maximum Gasteiger partial charge on any atom is 0.309 e. The number of aryl methyl sites for hydroxylation is 2. The van der Waals surface area contributed by atoms with E-state index in [-0.39, 0.29) is 17.4 Å². The number of halogens is 2. The number of likely N-dealkylation sites (tertiary alicyclic amines) is 1. The Hall–Kier alpha value is -3.25. The highest BCUT2D eigenvalue weighted by molar-refractivity contribution is 5.71. The van der Waals surface area contributed by atoms with Gasteiger partial charge in [0.1, 0.15) is 17.4 Å². The van der Waals surface area contributed by atoms with Crippen LogP contribution in [0.3, 0.4) is 0 Å². The summed E-state index contributed by atoms with van der Waals surface area (Å²) in [6.07, 6.45) is 1.82. The van der Waals surface area contributed by atoms with Gasteiger partial charge in [0.2, 0.25) is 0 Å². The highest BCUT2D eigenvalue weighted by Gasteiger charge is 2.32. The molecule has 3 aromatic rings. The van der Waals surface area contributed by atoms with Crippen LogP contribution in [0.4, 0.5) is 8.78 Å². The molecule has 36 heavy (non-hydrogen) atoms. The van der Waals surface area contributed by atoms with E-state index in [0.29, 0.717) is 39.0 Å². The molecule has 4 nitrogen and oxygen atoms in total. The number of benzene rings is 3. The van der Waals surface area contributed by atoms with Crippen molar-refractivity contribution in [2.24, 2.45) is 5.92 Å². The Labute approximate surface area is 211 Å². The van der Waals surface area contributed by atoms with Gasteiger partial charge in [-0.1, -0.05) is 36.4 Å². The standard InChI is InChI=1S/C30H33F2NO3/c1-20-8-9-23(15-21(20)2)16-24(29-27(31)6-3-7-28(29)32)5-4-14-36-26-12-10-22(11-13-26)17-33-18-25(19-33)30(34)35/h3,6-13,15,24-25H,4-5,14,16-19H2,1-2H3,(H,34,35). The molecular formula is C30H33F2NO3. The summed E-state index contributed by atoms with van der Waals surface area (Å²) in [5.74, 6) is -1.54. The largest absolute Gasteiger partial charge is 0.494 e. The summed E-state index contributed by atoms with van der Waals surface area (Å²) in [5.41, 5.74) is 4.69. The van der Waals surface area contributed by atoms with E-state index >= 15 is 0 Å². The molecule has 1 unspecified atom stereocenters. The summed E-state index contributed by atoms with van der Waals surface area (Å²) < 4.78 is 35.2. The molecule has 1 heterocycles. The van der Waals surface area contributed by atoms with E-state index in [0.717, 1.165) is 23.4 Å². The summed E-state index contributed by atoms with van der Waals surface area (Å²) in [7, 11) is 0. The van der Waals surface area contributed by atoms with Crippen molar-refractivity contribution in [2.45, 2.75) is 45.6 Å². The highest BCUT2D eigenvalue weighted by atomic mass is 19.1. The topological polar surface area (TPSA) is 49.8 Å². The molecule has 0 aromatic heterocycles. The van der Waals surface area contributed by atoms with Gasteiger partial charge in [-0.3, -0.25) is 9.69 Å². The third kappa shape index (κ3) is 6.49. The van der Waals surface area contributed by atoms with E-state index in [1.165, 1.54) is 29.3 Å². The number of carbonyl (C=O) groups is 1. The number of hydrogen-bond acceptors (Lipinski definition) is 3. The molecule has 0 saturated carbocycles. The van der Waals surface area contributed by atoms with Crippen LogP contribution in [0.25, 0.3) is 0 Å². The first-order valence-corrected chi connectivity index (χ1v) is 12.5. The van der Waals surface area contributed by atoms with E-state index in [9.17, 15) is 13.6 Å². The zero-order chi connectivity index (χ0) is 25.7. The van der Waals surface area contributed by atoms with Crippen molar-refractivity contribution in [3.05, 3.63) is 100 Å². The van der Waals surface area contributed by atoms with Crippen molar-refractivity contribution in [1.82, 2.24) is 4.90 Å². The van der Waals surface area contributed by atoms with E-state index < -0.39 is 17.6 Å². The van der Waals surface area contributed by atoms with Gasteiger partial charge in [0.25, 0.3) is 0 Å². The quantitative estimate of drug-likeness (QED) is 0.319. The van der Waals surface area contributed by atoms with Crippen LogP contribution in [0.5, 0.6) is 5.75 Å². The van der Waals surface area contributed by atoms with E-state index in [1.807, 2.05) is 37.3 Å². The van der Waals surface area contributed by atoms with Crippen LogP contribution in [-0.4, -0.2) is 35.7 Å². The van der Waals surface area contributed by atoms with Crippen molar-refractivity contribution >= 4 is 5.97 Å². The first-order valence-electron chi connectivity index (χ1n) is 12.5. The van der Waals surface area contributed by atoms with Crippen LogP contribution in [0.1, 0.15) is 46.6 Å². The van der Waals surface area contributed by atoms with Crippen LogP contribution in [-0.2, 0) is 17.8 Å². The van der Waals surface area contributed by atoms with Crippen molar-refractivity contribution in [3.8, 4) is 5.75 Å². The Kier molecular flexibility index (Phi) is 8.36. The fraction of sp³-hybridized carbons (Fsp3) is 0.367. The van der Waals surface area contributed by atoms with Gasteiger partial charge >= 0.3 is 5.97 Å². The van der Waals surface area contributed by atoms with Gasteiger partial charge in [0.15, 0.2) is 0 Å². The van der Waals surface area contributed by atoms with Crippen LogP contribution in [0.15, 0.2) is 60.7 Å². The summed E-state index contributed by atoms with van der Waals surface area (Å²) in [6.45, 7) is 6.44. The minimum absolute atomic E-state index is 0.149. The maximum absolute atomic E-state index is 14.6. The summed E-state index contributed by atoms with van der Waals surface area (Å²) >= 11 is 0. The monoisotopic (exact) mass is 493 g/mol. The average molecular weight is 494 g/mol. The summed E-state index contributed by atoms with van der Waals surface area (Å²) in [6, 6.07) is 18.0. The van der Waals surface area contributed by atoms with Gasteiger partial charge in [-0.25, -0.2) is 8.78 Å². The smallest absolute Gasteiger partial charge is 0.309 e. The lowest BCUT2D eigenvalue weighted by molar-refractivity contribution is -0.147. The molecule has 190 valence electrons. The molecule has 4 rings (SSSR count). The van der Waals surface area contributed by atoms with Gasteiger partial charge in [-0.2, -0.15) is 0 Å². The molecule has 1 atom stereocenters. The third-order valence-corrected chi connectivity index (χ3v) is 7.06. The normalized spacial score (nSPS) is 14.9. The number of ether oxygens (including phenoxy) is 1. The lowest BCUT2D eigenvalue weighted by atomic mass is 9.87. The molecule has 0 bridgehead atoms. The molecule has 1 aliphatic heterocycles. The van der Waals surface area contributed by atoms with Crippen LogP contribution < -0.4 is 4.74 Å². The van der Waals surface area contributed by atoms with E-state index in [4.69, 9.17) is 9.84 Å². The molecule has 0 spiro atoms. The molecule has 0 radical (unpaired) electrons. The first-order chi connectivity index (χ1) is 17.3. The first kappa shape index (κ1) is 25.8. The molecular weight excluding hydrogens is 460 g/mol. The summed E-state index contributed by atoms with van der Waals surface area (Å²) in [5, 5.41) is 9.00. The molecule has 3 aromatic carbocycles. The van der Waals surface area contributed by atoms with Crippen molar-refractivity contribution in [2.75, 3.05) is 19.7 Å². The number of nitrogens with zero attached hydrogens (tertiary/aromatic N) is 1. The molecule has 0 aliphatic carbocycles. The summed E-state index contributed by atoms with van der Waals surface area (Å²) in [4.78, 5) is 13.0. The fourth-order valence-corrected chi connectivity index (χ4v) is 4.79. The van der Waals surface area contributed by atoms with E-state index in [1.54, 1.807) is 0 Å². The van der Waals surface area contributed by atoms with Crippen molar-refractivity contribution in [1.29, 1.82) is 0 Å². The van der Waals surface area contributed by atoms with Gasteiger partial charge < -0.3 is 9.84 Å². The Morgan fingerprint density at radius 2 is 1.67 bits per heavy atom. The molecule has 0 amide bonds. The van der Waals surface area contributed by atoms with E-state index in [2.05, 4.69) is 24.0 Å². The molecule has 1 aliphatic rings. The minimum atomic E-state index is -0.732.